The molecule has 1 nitrogen and oxygen atoms in total. The van der Waals surface area contributed by atoms with E-state index < -0.39 is 0 Å². The Balaban J connectivity index is 1.85. The second-order valence-electron chi connectivity index (χ2n) is 5.95. The molecule has 1 aromatic carbocycles. The van der Waals surface area contributed by atoms with Crippen LogP contribution in [0.3, 0.4) is 0 Å². The van der Waals surface area contributed by atoms with Gasteiger partial charge in [-0.3, -0.25) is 0 Å². The van der Waals surface area contributed by atoms with E-state index in [-0.39, 0.29) is 0 Å². The molecule has 0 aliphatic heterocycles. The van der Waals surface area contributed by atoms with E-state index >= 15 is 0 Å². The summed E-state index contributed by atoms with van der Waals surface area (Å²) in [7, 11) is 0. The van der Waals surface area contributed by atoms with Gasteiger partial charge < -0.3 is 4.74 Å². The van der Waals surface area contributed by atoms with Crippen LogP contribution in [-0.2, 0) is 0 Å². The molecule has 1 saturated carbocycles. The van der Waals surface area contributed by atoms with Crippen molar-refractivity contribution in [2.24, 2.45) is 11.8 Å². The zero-order chi connectivity index (χ0) is 13.5. The highest BCUT2D eigenvalue weighted by molar-refractivity contribution is 5.21. The number of benzene rings is 1. The molecular weight excluding hydrogens is 232 g/mol. The summed E-state index contributed by atoms with van der Waals surface area (Å²) in [5.41, 5.74) is 0. The molecule has 0 spiro atoms. The number of hydrogen-bond donors (Lipinski definition) is 0. The third-order valence-electron chi connectivity index (χ3n) is 4.55. The molecule has 1 aliphatic rings. The van der Waals surface area contributed by atoms with Crippen LogP contribution in [0.2, 0.25) is 0 Å². The molecule has 0 amide bonds. The SMILES string of the molecule is CCC[C@H]1CC[C@H](C(CC)Oc2ccccc2)CC1. The first-order valence-corrected chi connectivity index (χ1v) is 8.05. The Hall–Kier alpha value is -0.980. The summed E-state index contributed by atoms with van der Waals surface area (Å²) in [6.45, 7) is 4.56. The maximum atomic E-state index is 6.20. The molecule has 19 heavy (non-hydrogen) atoms. The van der Waals surface area contributed by atoms with Gasteiger partial charge in [0.05, 0.1) is 0 Å². The molecule has 0 N–H and O–H groups in total. The van der Waals surface area contributed by atoms with Gasteiger partial charge in [0.2, 0.25) is 0 Å². The Labute approximate surface area is 118 Å². The van der Waals surface area contributed by atoms with Gasteiger partial charge in [-0.25, -0.2) is 0 Å². The van der Waals surface area contributed by atoms with Gasteiger partial charge in [-0.2, -0.15) is 0 Å². The lowest BCUT2D eigenvalue weighted by atomic mass is 9.77. The second kappa shape index (κ2) is 7.57. The van der Waals surface area contributed by atoms with Crippen molar-refractivity contribution >= 4 is 0 Å². The Kier molecular flexibility index (Phi) is 5.75. The summed E-state index contributed by atoms with van der Waals surface area (Å²) in [5, 5.41) is 0. The van der Waals surface area contributed by atoms with E-state index in [1.165, 1.54) is 38.5 Å². The van der Waals surface area contributed by atoms with Crippen LogP contribution in [0, 0.1) is 11.8 Å². The first-order chi connectivity index (χ1) is 9.33. The predicted octanol–water partition coefficient (Wildman–Crippen LogP) is 5.45. The van der Waals surface area contributed by atoms with Crippen LogP contribution in [-0.4, -0.2) is 6.10 Å². The molecule has 1 heteroatoms. The van der Waals surface area contributed by atoms with E-state index in [0.29, 0.717) is 6.10 Å². The molecule has 0 heterocycles. The smallest absolute Gasteiger partial charge is 0.119 e. The Morgan fingerprint density at radius 1 is 1.05 bits per heavy atom. The zero-order valence-corrected chi connectivity index (χ0v) is 12.5. The first kappa shape index (κ1) is 14.4. The number of ether oxygens (including phenoxy) is 1. The minimum atomic E-state index is 0.407. The molecule has 106 valence electrons. The third-order valence-corrected chi connectivity index (χ3v) is 4.55. The lowest BCUT2D eigenvalue weighted by Gasteiger charge is -2.33. The monoisotopic (exact) mass is 260 g/mol. The molecule has 0 bridgehead atoms. The van der Waals surface area contributed by atoms with Crippen LogP contribution in [0.5, 0.6) is 5.75 Å². The minimum absolute atomic E-state index is 0.407. The fourth-order valence-corrected chi connectivity index (χ4v) is 3.44. The van der Waals surface area contributed by atoms with Crippen LogP contribution in [0.4, 0.5) is 0 Å². The lowest BCUT2D eigenvalue weighted by molar-refractivity contribution is 0.0898. The standard InChI is InChI=1S/C18H28O/c1-3-8-15-11-13-16(14-12-15)18(4-2)19-17-9-6-5-7-10-17/h5-7,9-10,15-16,18H,3-4,8,11-14H2,1-2H3/t15-,16-,18?. The van der Waals surface area contributed by atoms with Gasteiger partial charge in [-0.15, -0.1) is 0 Å². The molecule has 1 aromatic rings. The van der Waals surface area contributed by atoms with E-state index in [1.54, 1.807) is 0 Å². The highest BCUT2D eigenvalue weighted by atomic mass is 16.5. The second-order valence-corrected chi connectivity index (χ2v) is 5.95. The van der Waals surface area contributed by atoms with E-state index in [2.05, 4.69) is 38.1 Å². The predicted molar refractivity (Wildman–Crippen MR) is 81.5 cm³/mol. The summed E-state index contributed by atoms with van der Waals surface area (Å²) in [6.07, 6.45) is 9.82. The largest absolute Gasteiger partial charge is 0.490 e. The van der Waals surface area contributed by atoms with Crippen molar-refractivity contribution < 1.29 is 4.74 Å². The summed E-state index contributed by atoms with van der Waals surface area (Å²) in [5.74, 6) is 2.78. The third kappa shape index (κ3) is 4.26. The van der Waals surface area contributed by atoms with Gasteiger partial charge in [-0.05, 0) is 43.2 Å². The topological polar surface area (TPSA) is 9.23 Å². The van der Waals surface area contributed by atoms with Crippen LogP contribution < -0.4 is 4.74 Å². The van der Waals surface area contributed by atoms with E-state index in [0.717, 1.165) is 24.0 Å². The van der Waals surface area contributed by atoms with Gasteiger partial charge in [0, 0.05) is 0 Å². The molecule has 0 radical (unpaired) electrons. The van der Waals surface area contributed by atoms with E-state index in [4.69, 9.17) is 4.74 Å². The first-order valence-electron chi connectivity index (χ1n) is 8.05. The molecule has 0 aromatic heterocycles. The van der Waals surface area contributed by atoms with Crippen molar-refractivity contribution in [1.29, 1.82) is 0 Å². The van der Waals surface area contributed by atoms with Crippen LogP contribution in [0.1, 0.15) is 58.8 Å². The highest BCUT2D eigenvalue weighted by Gasteiger charge is 2.27. The number of rotatable bonds is 6. The average Bonchev–Trinajstić information content (AvgIpc) is 2.47. The lowest BCUT2D eigenvalue weighted by Crippen LogP contribution is -2.30. The molecule has 1 atom stereocenters. The van der Waals surface area contributed by atoms with E-state index in [9.17, 15) is 0 Å². The van der Waals surface area contributed by atoms with Crippen molar-refractivity contribution in [3.05, 3.63) is 30.3 Å². The molecular formula is C18H28O. The molecule has 1 fully saturated rings. The number of para-hydroxylation sites is 1. The van der Waals surface area contributed by atoms with Crippen LogP contribution >= 0.6 is 0 Å². The molecule has 1 unspecified atom stereocenters. The Bertz CT molecular complexity index is 338. The summed E-state index contributed by atoms with van der Waals surface area (Å²) in [4.78, 5) is 0. The van der Waals surface area contributed by atoms with E-state index in [1.807, 2.05) is 6.07 Å². The quantitative estimate of drug-likeness (QED) is 0.660. The fraction of sp³-hybridized carbons (Fsp3) is 0.667. The molecule has 1 aliphatic carbocycles. The minimum Gasteiger partial charge on any atom is -0.490 e. The zero-order valence-electron chi connectivity index (χ0n) is 12.5. The van der Waals surface area contributed by atoms with Gasteiger partial charge in [-0.1, -0.05) is 57.7 Å². The molecule has 0 saturated heterocycles. The highest BCUT2D eigenvalue weighted by Crippen LogP contribution is 2.35. The Morgan fingerprint density at radius 2 is 1.74 bits per heavy atom. The summed E-state index contributed by atoms with van der Waals surface area (Å²) >= 11 is 0. The average molecular weight is 260 g/mol. The van der Waals surface area contributed by atoms with Gasteiger partial charge in [0.1, 0.15) is 11.9 Å². The summed E-state index contributed by atoms with van der Waals surface area (Å²) in [6, 6.07) is 10.3. The van der Waals surface area contributed by atoms with Gasteiger partial charge in [0.15, 0.2) is 0 Å². The van der Waals surface area contributed by atoms with Crippen LogP contribution in [0.25, 0.3) is 0 Å². The van der Waals surface area contributed by atoms with Crippen molar-refractivity contribution in [3.8, 4) is 5.75 Å². The number of hydrogen-bond acceptors (Lipinski definition) is 1. The molecule has 2 rings (SSSR count). The van der Waals surface area contributed by atoms with Crippen molar-refractivity contribution in [1.82, 2.24) is 0 Å². The van der Waals surface area contributed by atoms with Crippen LogP contribution in [0.15, 0.2) is 30.3 Å². The van der Waals surface area contributed by atoms with Gasteiger partial charge >= 0.3 is 0 Å². The maximum Gasteiger partial charge on any atom is 0.119 e. The van der Waals surface area contributed by atoms with Crippen molar-refractivity contribution in [2.45, 2.75) is 64.9 Å². The summed E-state index contributed by atoms with van der Waals surface area (Å²) < 4.78 is 6.20. The van der Waals surface area contributed by atoms with Crippen molar-refractivity contribution in [3.63, 3.8) is 0 Å². The maximum absolute atomic E-state index is 6.20. The van der Waals surface area contributed by atoms with Crippen molar-refractivity contribution in [2.75, 3.05) is 0 Å². The van der Waals surface area contributed by atoms with Gasteiger partial charge in [0.25, 0.3) is 0 Å². The Morgan fingerprint density at radius 3 is 2.32 bits per heavy atom. The fourth-order valence-electron chi connectivity index (χ4n) is 3.44. The normalized spacial score (nSPS) is 24.9.